The molecular weight excluding hydrogens is 240 g/mol. The SMILES string of the molecule is O=C1CC(C(=O)Nc2cccc(Cl)c2)CCN1. The van der Waals surface area contributed by atoms with Crippen molar-refractivity contribution in [3.05, 3.63) is 29.3 Å². The third kappa shape index (κ3) is 3.20. The molecule has 1 aliphatic rings. The summed E-state index contributed by atoms with van der Waals surface area (Å²) in [6.45, 7) is 0.562. The minimum absolute atomic E-state index is 0.0671. The first-order valence-corrected chi connectivity index (χ1v) is 5.86. The van der Waals surface area contributed by atoms with Crippen LogP contribution in [-0.4, -0.2) is 18.4 Å². The molecular formula is C12H13ClN2O2. The zero-order valence-corrected chi connectivity index (χ0v) is 9.96. The number of halogens is 1. The van der Waals surface area contributed by atoms with E-state index in [1.807, 2.05) is 0 Å². The summed E-state index contributed by atoms with van der Waals surface area (Å²) < 4.78 is 0. The van der Waals surface area contributed by atoms with Gasteiger partial charge in [-0.2, -0.15) is 0 Å². The monoisotopic (exact) mass is 252 g/mol. The molecule has 0 aromatic heterocycles. The van der Waals surface area contributed by atoms with Crippen molar-refractivity contribution in [3.63, 3.8) is 0 Å². The summed E-state index contributed by atoms with van der Waals surface area (Å²) in [7, 11) is 0. The Kier molecular flexibility index (Phi) is 3.64. The Hall–Kier alpha value is -1.55. The van der Waals surface area contributed by atoms with Gasteiger partial charge < -0.3 is 10.6 Å². The fourth-order valence-corrected chi connectivity index (χ4v) is 2.01. The largest absolute Gasteiger partial charge is 0.356 e. The van der Waals surface area contributed by atoms with Crippen LogP contribution in [0.5, 0.6) is 0 Å². The van der Waals surface area contributed by atoms with Gasteiger partial charge in [-0.25, -0.2) is 0 Å². The average Bonchev–Trinajstić information content (AvgIpc) is 2.29. The van der Waals surface area contributed by atoms with Crippen molar-refractivity contribution < 1.29 is 9.59 Å². The average molecular weight is 253 g/mol. The number of nitrogens with one attached hydrogen (secondary N) is 2. The number of rotatable bonds is 2. The zero-order chi connectivity index (χ0) is 12.3. The Morgan fingerprint density at radius 2 is 2.29 bits per heavy atom. The molecule has 17 heavy (non-hydrogen) atoms. The summed E-state index contributed by atoms with van der Waals surface area (Å²) in [5, 5.41) is 6.04. The number of carbonyl (C=O) groups is 2. The van der Waals surface area contributed by atoms with Crippen LogP contribution in [0.15, 0.2) is 24.3 Å². The van der Waals surface area contributed by atoms with Gasteiger partial charge >= 0.3 is 0 Å². The number of carbonyl (C=O) groups excluding carboxylic acids is 2. The second-order valence-corrected chi connectivity index (χ2v) is 4.48. The van der Waals surface area contributed by atoms with Crippen molar-refractivity contribution in [1.29, 1.82) is 0 Å². The Labute approximate surface area is 104 Å². The molecule has 0 radical (unpaired) electrons. The van der Waals surface area contributed by atoms with Crippen LogP contribution in [0.25, 0.3) is 0 Å². The lowest BCUT2D eigenvalue weighted by atomic mass is 9.96. The smallest absolute Gasteiger partial charge is 0.228 e. The summed E-state index contributed by atoms with van der Waals surface area (Å²) >= 11 is 5.82. The van der Waals surface area contributed by atoms with Crippen molar-refractivity contribution in [3.8, 4) is 0 Å². The second-order valence-electron chi connectivity index (χ2n) is 4.04. The molecule has 0 aliphatic carbocycles. The van der Waals surface area contributed by atoms with Crippen molar-refractivity contribution in [2.24, 2.45) is 5.92 Å². The van der Waals surface area contributed by atoms with Crippen LogP contribution in [0.4, 0.5) is 5.69 Å². The predicted octanol–water partition coefficient (Wildman–Crippen LogP) is 1.80. The molecule has 1 fully saturated rings. The third-order valence-corrected chi connectivity index (χ3v) is 2.94. The predicted molar refractivity (Wildman–Crippen MR) is 65.8 cm³/mol. The fourth-order valence-electron chi connectivity index (χ4n) is 1.82. The van der Waals surface area contributed by atoms with Crippen molar-refractivity contribution in [2.75, 3.05) is 11.9 Å². The highest BCUT2D eigenvalue weighted by atomic mass is 35.5. The molecule has 0 bridgehead atoms. The molecule has 5 heteroatoms. The number of hydrogen-bond acceptors (Lipinski definition) is 2. The van der Waals surface area contributed by atoms with Crippen LogP contribution in [0.3, 0.4) is 0 Å². The quantitative estimate of drug-likeness (QED) is 0.843. The molecule has 1 saturated heterocycles. The van der Waals surface area contributed by atoms with Crippen LogP contribution in [0, 0.1) is 5.92 Å². The van der Waals surface area contributed by atoms with E-state index in [4.69, 9.17) is 11.6 Å². The maximum absolute atomic E-state index is 11.9. The summed E-state index contributed by atoms with van der Waals surface area (Å²) in [4.78, 5) is 23.1. The molecule has 2 rings (SSSR count). The maximum Gasteiger partial charge on any atom is 0.228 e. The van der Waals surface area contributed by atoms with E-state index >= 15 is 0 Å². The molecule has 1 aromatic carbocycles. The number of piperidine rings is 1. The lowest BCUT2D eigenvalue weighted by Gasteiger charge is -2.21. The minimum atomic E-state index is -0.247. The fraction of sp³-hybridized carbons (Fsp3) is 0.333. The first-order chi connectivity index (χ1) is 8.15. The highest BCUT2D eigenvalue weighted by Crippen LogP contribution is 2.18. The first kappa shape index (κ1) is 11.9. The molecule has 0 spiro atoms. The third-order valence-electron chi connectivity index (χ3n) is 2.71. The van der Waals surface area contributed by atoms with E-state index in [2.05, 4.69) is 10.6 Å². The summed E-state index contributed by atoms with van der Waals surface area (Å²) in [6.07, 6.45) is 0.935. The second kappa shape index (κ2) is 5.19. The summed E-state index contributed by atoms with van der Waals surface area (Å²) in [5.41, 5.74) is 0.661. The lowest BCUT2D eigenvalue weighted by molar-refractivity contribution is -0.129. The number of benzene rings is 1. The number of anilines is 1. The van der Waals surface area contributed by atoms with Crippen molar-refractivity contribution in [1.82, 2.24) is 5.32 Å². The van der Waals surface area contributed by atoms with Crippen LogP contribution < -0.4 is 10.6 Å². The van der Waals surface area contributed by atoms with Gasteiger partial charge in [0, 0.05) is 29.6 Å². The van der Waals surface area contributed by atoms with E-state index in [1.54, 1.807) is 24.3 Å². The summed E-state index contributed by atoms with van der Waals surface area (Å²) in [6, 6.07) is 6.96. The normalized spacial score (nSPS) is 19.6. The highest BCUT2D eigenvalue weighted by Gasteiger charge is 2.25. The Morgan fingerprint density at radius 1 is 1.47 bits per heavy atom. The van der Waals surface area contributed by atoms with Gasteiger partial charge in [0.15, 0.2) is 0 Å². The number of hydrogen-bond donors (Lipinski definition) is 2. The van der Waals surface area contributed by atoms with Gasteiger partial charge in [-0.1, -0.05) is 17.7 Å². The van der Waals surface area contributed by atoms with Gasteiger partial charge in [-0.05, 0) is 24.6 Å². The van der Waals surface area contributed by atoms with Crippen LogP contribution in [0.2, 0.25) is 5.02 Å². The van der Waals surface area contributed by atoms with Crippen molar-refractivity contribution >= 4 is 29.1 Å². The van der Waals surface area contributed by atoms with E-state index in [1.165, 1.54) is 0 Å². The van der Waals surface area contributed by atoms with E-state index < -0.39 is 0 Å². The van der Waals surface area contributed by atoms with Crippen LogP contribution >= 0.6 is 11.6 Å². The maximum atomic E-state index is 11.9. The molecule has 4 nitrogen and oxygen atoms in total. The van der Waals surface area contributed by atoms with Gasteiger partial charge in [0.1, 0.15) is 0 Å². The molecule has 2 amide bonds. The lowest BCUT2D eigenvalue weighted by Crippen LogP contribution is -2.38. The Morgan fingerprint density at radius 3 is 3.00 bits per heavy atom. The minimum Gasteiger partial charge on any atom is -0.356 e. The number of amides is 2. The van der Waals surface area contributed by atoms with Gasteiger partial charge in [-0.15, -0.1) is 0 Å². The molecule has 90 valence electrons. The van der Waals surface area contributed by atoms with Crippen LogP contribution in [-0.2, 0) is 9.59 Å². The van der Waals surface area contributed by atoms with E-state index in [0.717, 1.165) is 0 Å². The molecule has 1 atom stereocenters. The first-order valence-electron chi connectivity index (χ1n) is 5.48. The highest BCUT2D eigenvalue weighted by molar-refractivity contribution is 6.30. The van der Waals surface area contributed by atoms with E-state index in [0.29, 0.717) is 23.7 Å². The van der Waals surface area contributed by atoms with Crippen molar-refractivity contribution in [2.45, 2.75) is 12.8 Å². The topological polar surface area (TPSA) is 58.2 Å². The van der Waals surface area contributed by atoms with Gasteiger partial charge in [0.05, 0.1) is 0 Å². The molecule has 1 heterocycles. The van der Waals surface area contributed by atoms with E-state index in [-0.39, 0.29) is 24.2 Å². The molecule has 1 aromatic rings. The van der Waals surface area contributed by atoms with Crippen LogP contribution in [0.1, 0.15) is 12.8 Å². The van der Waals surface area contributed by atoms with Gasteiger partial charge in [0.25, 0.3) is 0 Å². The Balaban J connectivity index is 1.99. The molecule has 1 unspecified atom stereocenters. The molecule has 1 aliphatic heterocycles. The van der Waals surface area contributed by atoms with Gasteiger partial charge in [0.2, 0.25) is 11.8 Å². The standard InChI is InChI=1S/C12H13ClN2O2/c13-9-2-1-3-10(7-9)15-12(17)8-4-5-14-11(16)6-8/h1-3,7-8H,4-6H2,(H,14,16)(H,15,17). The van der Waals surface area contributed by atoms with E-state index in [9.17, 15) is 9.59 Å². The van der Waals surface area contributed by atoms with Gasteiger partial charge in [-0.3, -0.25) is 9.59 Å². The zero-order valence-electron chi connectivity index (χ0n) is 9.20. The molecule has 2 N–H and O–H groups in total. The summed E-state index contributed by atoms with van der Waals surface area (Å²) in [5.74, 6) is -0.438. The molecule has 0 saturated carbocycles. The Bertz CT molecular complexity index is 448.